The van der Waals surface area contributed by atoms with Gasteiger partial charge < -0.3 is 24.4 Å². The molecule has 9 nitrogen and oxygen atoms in total. The fourth-order valence-corrected chi connectivity index (χ4v) is 6.14. The molecule has 40 heavy (non-hydrogen) atoms. The smallest absolute Gasteiger partial charge is 0.475 e. The molecule has 0 radical (unpaired) electrons. The highest BCUT2D eigenvalue weighted by Crippen LogP contribution is 2.62. The van der Waals surface area contributed by atoms with Gasteiger partial charge in [0.15, 0.2) is 0 Å². The Morgan fingerprint density at radius 3 is 1.88 bits per heavy atom. The van der Waals surface area contributed by atoms with Crippen LogP contribution in [0.4, 0.5) is 26.3 Å². The zero-order chi connectivity index (χ0) is 30.7. The lowest BCUT2D eigenvalue weighted by Gasteiger charge is -2.44. The summed E-state index contributed by atoms with van der Waals surface area (Å²) in [4.78, 5) is 37.6. The van der Waals surface area contributed by atoms with Gasteiger partial charge in [-0.1, -0.05) is 0 Å². The number of aryl methyl sites for hydroxylation is 1. The SMILES string of the molecule is Cc1ccc(CN2CCC3(CC2)CC[C@@]2(C(=O)N(C)C)CN(C)C[C@@H]32)o1.O=C(O)C(F)(F)F.O=C(O)C(F)(F)F. The number of carboxylic acid groups (broad SMARTS) is 2. The maximum Gasteiger partial charge on any atom is 0.490 e. The molecule has 2 saturated heterocycles. The van der Waals surface area contributed by atoms with Gasteiger partial charge in [0.1, 0.15) is 11.5 Å². The number of piperidine rings is 1. The van der Waals surface area contributed by atoms with E-state index in [2.05, 4.69) is 22.9 Å². The summed E-state index contributed by atoms with van der Waals surface area (Å²) >= 11 is 0. The van der Waals surface area contributed by atoms with E-state index in [1.165, 1.54) is 19.3 Å². The van der Waals surface area contributed by atoms with Gasteiger partial charge in [0, 0.05) is 27.2 Å². The van der Waals surface area contributed by atoms with Crippen molar-refractivity contribution in [2.45, 2.75) is 51.5 Å². The normalized spacial score (nSPS) is 24.4. The Morgan fingerprint density at radius 1 is 0.975 bits per heavy atom. The van der Waals surface area contributed by atoms with Crippen LogP contribution < -0.4 is 0 Å². The Labute approximate surface area is 227 Å². The molecule has 0 bridgehead atoms. The highest BCUT2D eigenvalue weighted by atomic mass is 19.4. The lowest BCUT2D eigenvalue weighted by molar-refractivity contribution is -0.193. The lowest BCUT2D eigenvalue weighted by atomic mass is 9.65. The predicted octanol–water partition coefficient (Wildman–Crippen LogP) is 3.87. The molecule has 4 rings (SSSR count). The second-order valence-corrected chi connectivity index (χ2v) is 10.9. The van der Waals surface area contributed by atoms with Crippen molar-refractivity contribution in [3.63, 3.8) is 0 Å². The molecule has 0 aromatic carbocycles. The molecule has 2 N–H and O–H groups in total. The van der Waals surface area contributed by atoms with Crippen molar-refractivity contribution in [2.75, 3.05) is 47.3 Å². The molecule has 1 aliphatic carbocycles. The first kappa shape index (κ1) is 33.4. The molecule has 15 heteroatoms. The molecule has 3 heterocycles. The van der Waals surface area contributed by atoms with E-state index in [0.717, 1.165) is 50.7 Å². The van der Waals surface area contributed by atoms with Crippen molar-refractivity contribution >= 4 is 17.8 Å². The minimum Gasteiger partial charge on any atom is -0.475 e. The van der Waals surface area contributed by atoms with Gasteiger partial charge in [-0.2, -0.15) is 26.3 Å². The summed E-state index contributed by atoms with van der Waals surface area (Å²) in [5.41, 5.74) is 0.213. The van der Waals surface area contributed by atoms with Crippen LogP contribution in [0.1, 0.15) is 37.2 Å². The Balaban J connectivity index is 0.000000333. The van der Waals surface area contributed by atoms with Crippen LogP contribution in [-0.2, 0) is 20.9 Å². The number of furan rings is 1. The molecular weight excluding hydrogens is 552 g/mol. The Morgan fingerprint density at radius 2 is 1.48 bits per heavy atom. The third kappa shape index (κ3) is 7.89. The molecule has 228 valence electrons. The zero-order valence-corrected chi connectivity index (χ0v) is 22.7. The topological polar surface area (TPSA) is 115 Å². The fraction of sp³-hybridized carbons (Fsp3) is 0.720. The zero-order valence-electron chi connectivity index (χ0n) is 22.7. The van der Waals surface area contributed by atoms with E-state index < -0.39 is 24.3 Å². The molecule has 2 atom stereocenters. The van der Waals surface area contributed by atoms with Crippen LogP contribution in [-0.4, -0.2) is 102 Å². The number of fused-ring (bicyclic) bond motifs is 2. The first-order valence-electron chi connectivity index (χ1n) is 12.5. The summed E-state index contributed by atoms with van der Waals surface area (Å²) in [5, 5.41) is 14.2. The minimum atomic E-state index is -5.08. The molecular formula is C25H35F6N3O6. The second kappa shape index (κ2) is 12.4. The van der Waals surface area contributed by atoms with Crippen LogP contribution in [0.5, 0.6) is 0 Å². The van der Waals surface area contributed by atoms with Gasteiger partial charge in [-0.25, -0.2) is 9.59 Å². The summed E-state index contributed by atoms with van der Waals surface area (Å²) in [6, 6.07) is 4.15. The summed E-state index contributed by atoms with van der Waals surface area (Å²) in [6.07, 6.45) is -5.45. The van der Waals surface area contributed by atoms with E-state index in [-0.39, 0.29) is 5.41 Å². The quantitative estimate of drug-likeness (QED) is 0.513. The summed E-state index contributed by atoms with van der Waals surface area (Å²) in [6.45, 7) is 7.17. The van der Waals surface area contributed by atoms with Crippen LogP contribution in [0.3, 0.4) is 0 Å². The maximum absolute atomic E-state index is 13.1. The minimum absolute atomic E-state index is 0.140. The number of aliphatic carboxylic acids is 2. The number of likely N-dealkylation sites (tertiary alicyclic amines) is 2. The molecule has 1 amide bonds. The summed E-state index contributed by atoms with van der Waals surface area (Å²) < 4.78 is 69.2. The van der Waals surface area contributed by atoms with Gasteiger partial charge in [0.2, 0.25) is 5.91 Å². The first-order chi connectivity index (χ1) is 18.2. The highest BCUT2D eigenvalue weighted by molar-refractivity contribution is 5.84. The average Bonchev–Trinajstić information content (AvgIpc) is 3.48. The van der Waals surface area contributed by atoms with Crippen molar-refractivity contribution in [1.29, 1.82) is 0 Å². The van der Waals surface area contributed by atoms with Crippen molar-refractivity contribution in [3.05, 3.63) is 23.7 Å². The standard InChI is InChI=1S/C21H33N3O2.2C2HF3O2/c1-16-5-6-17(26-16)13-24-11-9-20(10-12-24)7-8-21(19(25)22(2)3)15-23(4)14-18(20)21;2*3-2(4,5)1(6)7/h5-6,18H,7-15H2,1-4H3;2*(H,6,7)/t18-,21+;;/m0../s1. The number of carboxylic acids is 2. The number of rotatable bonds is 3. The van der Waals surface area contributed by atoms with Crippen LogP contribution in [0, 0.1) is 23.7 Å². The van der Waals surface area contributed by atoms with Crippen molar-refractivity contribution in [2.24, 2.45) is 16.7 Å². The number of nitrogens with zero attached hydrogens (tertiary/aromatic N) is 3. The molecule has 1 aromatic heterocycles. The highest BCUT2D eigenvalue weighted by Gasteiger charge is 2.64. The first-order valence-corrected chi connectivity index (χ1v) is 12.5. The summed E-state index contributed by atoms with van der Waals surface area (Å²) in [5.74, 6) is -2.58. The van der Waals surface area contributed by atoms with Gasteiger partial charge in [-0.05, 0) is 76.2 Å². The number of alkyl halides is 6. The van der Waals surface area contributed by atoms with Gasteiger partial charge in [-0.15, -0.1) is 0 Å². The van der Waals surface area contributed by atoms with E-state index >= 15 is 0 Å². The third-order valence-electron chi connectivity index (χ3n) is 7.87. The molecule has 1 aromatic rings. The number of halogens is 6. The van der Waals surface area contributed by atoms with Crippen LogP contribution >= 0.6 is 0 Å². The van der Waals surface area contributed by atoms with Crippen molar-refractivity contribution in [1.82, 2.24) is 14.7 Å². The van der Waals surface area contributed by atoms with Crippen LogP contribution in [0.2, 0.25) is 0 Å². The predicted molar refractivity (Wildman–Crippen MR) is 129 cm³/mol. The third-order valence-corrected chi connectivity index (χ3v) is 7.87. The number of amides is 1. The monoisotopic (exact) mass is 587 g/mol. The van der Waals surface area contributed by atoms with E-state index in [9.17, 15) is 31.1 Å². The van der Waals surface area contributed by atoms with E-state index in [1.54, 1.807) is 0 Å². The average molecular weight is 588 g/mol. The largest absolute Gasteiger partial charge is 0.490 e. The number of hydrogen-bond acceptors (Lipinski definition) is 6. The number of hydrogen-bond donors (Lipinski definition) is 2. The fourth-order valence-electron chi connectivity index (χ4n) is 6.14. The van der Waals surface area contributed by atoms with Gasteiger partial charge in [0.05, 0.1) is 12.0 Å². The molecule has 1 spiro atoms. The second-order valence-electron chi connectivity index (χ2n) is 10.9. The number of carbonyl (C=O) groups is 3. The maximum atomic E-state index is 13.1. The molecule has 2 aliphatic heterocycles. The summed E-state index contributed by atoms with van der Waals surface area (Å²) in [7, 11) is 6.03. The van der Waals surface area contributed by atoms with Crippen LogP contribution in [0.25, 0.3) is 0 Å². The molecule has 1 saturated carbocycles. The molecule has 3 fully saturated rings. The van der Waals surface area contributed by atoms with E-state index in [1.807, 2.05) is 32.0 Å². The Kier molecular flexibility index (Phi) is 10.3. The van der Waals surface area contributed by atoms with Gasteiger partial charge >= 0.3 is 24.3 Å². The van der Waals surface area contributed by atoms with E-state index in [0.29, 0.717) is 17.2 Å². The number of carbonyl (C=O) groups excluding carboxylic acids is 1. The van der Waals surface area contributed by atoms with Crippen molar-refractivity contribution < 1.29 is 55.4 Å². The van der Waals surface area contributed by atoms with Gasteiger partial charge in [0.25, 0.3) is 0 Å². The van der Waals surface area contributed by atoms with Crippen LogP contribution in [0.15, 0.2) is 16.5 Å². The Bertz CT molecular complexity index is 1020. The van der Waals surface area contributed by atoms with Gasteiger partial charge in [-0.3, -0.25) is 9.69 Å². The molecule has 0 unspecified atom stereocenters. The molecule has 3 aliphatic rings. The Hall–Kier alpha value is -2.81. The lowest BCUT2D eigenvalue weighted by Crippen LogP contribution is -2.48. The van der Waals surface area contributed by atoms with Crippen molar-refractivity contribution in [3.8, 4) is 0 Å². The van der Waals surface area contributed by atoms with E-state index in [4.69, 9.17) is 24.2 Å².